The molecule has 38 heavy (non-hydrogen) atoms. The third kappa shape index (κ3) is 12.4. The van der Waals surface area contributed by atoms with Gasteiger partial charge in [0.1, 0.15) is 12.9 Å². The van der Waals surface area contributed by atoms with E-state index in [1.165, 1.54) is 6.42 Å². The summed E-state index contributed by atoms with van der Waals surface area (Å²) in [6, 6.07) is 1.03. The molecule has 0 amide bonds. The minimum absolute atomic E-state index is 0.0244. The van der Waals surface area contributed by atoms with Gasteiger partial charge >= 0.3 is 5.97 Å². The summed E-state index contributed by atoms with van der Waals surface area (Å²) in [5, 5.41) is 10.5. The van der Waals surface area contributed by atoms with Crippen LogP contribution in [-0.4, -0.2) is 79.7 Å². The van der Waals surface area contributed by atoms with E-state index in [4.69, 9.17) is 18.9 Å². The van der Waals surface area contributed by atoms with E-state index in [-0.39, 0.29) is 28.6 Å². The zero-order chi connectivity index (χ0) is 29.1. The first-order chi connectivity index (χ1) is 17.6. The van der Waals surface area contributed by atoms with Crippen molar-refractivity contribution in [1.29, 1.82) is 0 Å². The Bertz CT molecular complexity index is 664. The van der Waals surface area contributed by atoms with Gasteiger partial charge in [-0.15, -0.1) is 23.5 Å². The summed E-state index contributed by atoms with van der Waals surface area (Å²) in [5.74, 6) is 2.61. The summed E-state index contributed by atoms with van der Waals surface area (Å²) in [6.45, 7) is 22.3. The van der Waals surface area contributed by atoms with Crippen LogP contribution in [0, 0.1) is 23.7 Å². The zero-order valence-electron chi connectivity index (χ0n) is 26.1. The molecule has 6 nitrogen and oxygen atoms in total. The molecule has 1 aliphatic heterocycles. The van der Waals surface area contributed by atoms with Gasteiger partial charge in [0.25, 0.3) is 0 Å². The Balaban J connectivity index is 3.09. The third-order valence-electron chi connectivity index (χ3n) is 7.41. The fourth-order valence-corrected chi connectivity index (χ4v) is 9.00. The van der Waals surface area contributed by atoms with Crippen molar-refractivity contribution in [2.45, 2.75) is 122 Å². The largest absolute Gasteiger partial charge is 0.460 e. The zero-order valence-corrected chi connectivity index (χ0v) is 28.7. The van der Waals surface area contributed by atoms with Crippen LogP contribution >= 0.6 is 23.5 Å². The summed E-state index contributed by atoms with van der Waals surface area (Å²) in [4.78, 5) is 13.7. The van der Waals surface area contributed by atoms with E-state index in [9.17, 15) is 9.90 Å². The quantitative estimate of drug-likeness (QED) is 0.0793. The molecule has 0 saturated carbocycles. The van der Waals surface area contributed by atoms with E-state index in [0.717, 1.165) is 24.0 Å². The highest BCUT2D eigenvalue weighted by Gasteiger charge is 2.43. The molecule has 0 unspecified atom stereocenters. The van der Waals surface area contributed by atoms with E-state index >= 15 is 0 Å². The number of hydrogen-bond acceptors (Lipinski definition) is 8. The topological polar surface area (TPSA) is 74.2 Å². The number of methoxy groups -OCH3 is 1. The van der Waals surface area contributed by atoms with Gasteiger partial charge in [0.05, 0.1) is 16.3 Å². The van der Waals surface area contributed by atoms with E-state index in [0.29, 0.717) is 18.9 Å². The first-order valence-corrected chi connectivity index (χ1v) is 20.2. The number of esters is 1. The van der Waals surface area contributed by atoms with E-state index < -0.39 is 38.5 Å². The molecule has 0 radical (unpaired) electrons. The van der Waals surface area contributed by atoms with Crippen LogP contribution in [0.25, 0.3) is 0 Å². The molecule has 1 aliphatic rings. The number of carbonyl (C=O) groups is 1. The summed E-state index contributed by atoms with van der Waals surface area (Å²) >= 11 is 4.10. The molecular weight excluding hydrogens is 537 g/mol. The number of rotatable bonds is 18. The van der Waals surface area contributed by atoms with Crippen molar-refractivity contribution in [2.75, 3.05) is 32.0 Å². The van der Waals surface area contributed by atoms with E-state index in [1.807, 2.05) is 51.2 Å². The van der Waals surface area contributed by atoms with Gasteiger partial charge in [0, 0.05) is 28.2 Å². The van der Waals surface area contributed by atoms with Gasteiger partial charge in [0.2, 0.25) is 0 Å². The van der Waals surface area contributed by atoms with Crippen molar-refractivity contribution in [3.05, 3.63) is 0 Å². The maximum atomic E-state index is 13.7. The first kappa shape index (κ1) is 36.3. The van der Waals surface area contributed by atoms with Gasteiger partial charge in [-0.25, -0.2) is 4.79 Å². The Hall–Kier alpha value is 0.227. The fourth-order valence-electron chi connectivity index (χ4n) is 4.54. The maximum absolute atomic E-state index is 13.7. The Labute approximate surface area is 243 Å². The molecule has 9 heteroatoms. The Morgan fingerprint density at radius 3 is 2.08 bits per heavy atom. The number of aliphatic hydroxyl groups is 1. The number of ether oxygens (including phenoxy) is 4. The van der Waals surface area contributed by atoms with Crippen LogP contribution in [0.4, 0.5) is 0 Å². The van der Waals surface area contributed by atoms with Crippen LogP contribution in [0.3, 0.4) is 0 Å². The van der Waals surface area contributed by atoms with Crippen molar-refractivity contribution < 1.29 is 28.8 Å². The summed E-state index contributed by atoms with van der Waals surface area (Å²) in [5.41, 5.74) is 0. The van der Waals surface area contributed by atoms with Gasteiger partial charge < -0.3 is 24.1 Å². The van der Waals surface area contributed by atoms with Crippen molar-refractivity contribution in [3.63, 3.8) is 0 Å². The Morgan fingerprint density at radius 1 is 1.00 bits per heavy atom. The molecule has 1 fully saturated rings. The molecule has 226 valence electrons. The van der Waals surface area contributed by atoms with Crippen molar-refractivity contribution in [3.8, 4) is 0 Å². The van der Waals surface area contributed by atoms with Crippen LogP contribution in [-0.2, 0) is 23.7 Å². The maximum Gasteiger partial charge on any atom is 0.338 e. The predicted octanol–water partition coefficient (Wildman–Crippen LogP) is 6.92. The molecule has 0 spiro atoms. The van der Waals surface area contributed by atoms with Crippen LogP contribution in [0.5, 0.6) is 0 Å². The number of carbonyl (C=O) groups excluding carboxylic acids is 1. The van der Waals surface area contributed by atoms with E-state index in [1.54, 1.807) is 7.11 Å². The minimum Gasteiger partial charge on any atom is -0.460 e. The van der Waals surface area contributed by atoms with Crippen molar-refractivity contribution in [1.82, 2.24) is 0 Å². The van der Waals surface area contributed by atoms with Gasteiger partial charge in [-0.2, -0.15) is 0 Å². The lowest BCUT2D eigenvalue weighted by Crippen LogP contribution is -2.47. The molecule has 1 rings (SSSR count). The van der Waals surface area contributed by atoms with E-state index in [2.05, 4.69) is 40.4 Å². The fraction of sp³-hybridized carbons (Fsp3) is 0.966. The smallest absolute Gasteiger partial charge is 0.338 e. The average molecular weight is 595 g/mol. The van der Waals surface area contributed by atoms with Crippen LogP contribution in [0.15, 0.2) is 0 Å². The standard InChI is InChI=1S/C29H58O6S2Si/c1-20(2)24(30)17-25(21(3)4)35-28(31)27(34-19-33-13-16-38(9,10)11)26(32-8)23(7)18-29(22(5)6)36-14-12-15-37-29/h20-27,30H,12-19H2,1-11H3/t23-,24+,25+,26+,27-/m1/s1. The average Bonchev–Trinajstić information content (AvgIpc) is 2.82. The van der Waals surface area contributed by atoms with Crippen LogP contribution < -0.4 is 0 Å². The lowest BCUT2D eigenvalue weighted by molar-refractivity contribution is -0.192. The molecule has 1 heterocycles. The Kier molecular flexibility index (Phi) is 16.5. The molecule has 0 aromatic carbocycles. The van der Waals surface area contributed by atoms with Crippen molar-refractivity contribution >= 4 is 37.6 Å². The molecule has 0 aliphatic carbocycles. The third-order valence-corrected chi connectivity index (χ3v) is 13.1. The molecule has 5 atom stereocenters. The second-order valence-corrected chi connectivity index (χ2v) is 21.8. The lowest BCUT2D eigenvalue weighted by atomic mass is 9.90. The number of thioether (sulfide) groups is 2. The predicted molar refractivity (Wildman–Crippen MR) is 166 cm³/mol. The van der Waals surface area contributed by atoms with Gasteiger partial charge in [-0.1, -0.05) is 68.1 Å². The molecule has 1 N–H and O–H groups in total. The molecule has 0 aromatic rings. The summed E-state index contributed by atoms with van der Waals surface area (Å²) < 4.78 is 24.1. The van der Waals surface area contributed by atoms with Gasteiger partial charge in [-0.3, -0.25) is 0 Å². The second-order valence-electron chi connectivity index (χ2n) is 13.1. The Morgan fingerprint density at radius 2 is 1.61 bits per heavy atom. The summed E-state index contributed by atoms with van der Waals surface area (Å²) in [6.07, 6.45) is 0.240. The molecule has 0 bridgehead atoms. The van der Waals surface area contributed by atoms with Crippen LogP contribution in [0.1, 0.15) is 67.7 Å². The van der Waals surface area contributed by atoms with Crippen molar-refractivity contribution in [2.24, 2.45) is 23.7 Å². The van der Waals surface area contributed by atoms with Gasteiger partial charge in [-0.05, 0) is 54.1 Å². The number of aliphatic hydroxyl groups excluding tert-OH is 1. The van der Waals surface area contributed by atoms with Gasteiger partial charge in [0.15, 0.2) is 6.10 Å². The monoisotopic (exact) mass is 594 g/mol. The molecule has 0 aromatic heterocycles. The minimum atomic E-state index is -1.23. The second kappa shape index (κ2) is 17.2. The molecular formula is C29H58O6S2Si. The summed E-state index contributed by atoms with van der Waals surface area (Å²) in [7, 11) is 0.423. The molecule has 1 saturated heterocycles. The number of hydrogen-bond donors (Lipinski definition) is 1. The first-order valence-electron chi connectivity index (χ1n) is 14.5. The lowest BCUT2D eigenvalue weighted by Gasteiger charge is -2.43. The highest BCUT2D eigenvalue weighted by Crippen LogP contribution is 2.51. The normalized spacial score (nSPS) is 20.4. The highest BCUT2D eigenvalue weighted by molar-refractivity contribution is 8.18. The van der Waals surface area contributed by atoms with Crippen LogP contribution in [0.2, 0.25) is 25.7 Å². The SMILES string of the molecule is CO[C@@H]([C@H](C)CC1(C(C)C)SCCCS1)[C@@H](OCOCC[Si](C)(C)C)C(=O)O[C@@H](C[C@H](O)C(C)C)C(C)C. The highest BCUT2D eigenvalue weighted by atomic mass is 32.2.